The molecule has 0 bridgehead atoms. The summed E-state index contributed by atoms with van der Waals surface area (Å²) in [4.78, 5) is 16.1. The summed E-state index contributed by atoms with van der Waals surface area (Å²) < 4.78 is 4.83. The predicted molar refractivity (Wildman–Crippen MR) is 79.4 cm³/mol. The summed E-state index contributed by atoms with van der Waals surface area (Å²) in [6.07, 6.45) is 2.96. The molecular weight excluding hydrogens is 242 g/mol. The molecule has 0 saturated heterocycles. The molecule has 0 aliphatic carbocycles. The topological polar surface area (TPSA) is 44.8 Å². The third-order valence-electron chi connectivity index (χ3n) is 3.07. The molecule has 5 heteroatoms. The lowest BCUT2D eigenvalue weighted by atomic mass is 10.2. The maximum Gasteiger partial charge on any atom is 0.322 e. The second-order valence-corrected chi connectivity index (χ2v) is 5.28. The van der Waals surface area contributed by atoms with Crippen molar-refractivity contribution in [2.75, 3.05) is 54.4 Å². The van der Waals surface area contributed by atoms with Gasteiger partial charge in [-0.25, -0.2) is 0 Å². The zero-order chi connectivity index (χ0) is 14.7. The van der Waals surface area contributed by atoms with E-state index < -0.39 is 0 Å². The Morgan fingerprint density at radius 3 is 2.42 bits per heavy atom. The molecule has 0 saturated carbocycles. The Labute approximate surface area is 118 Å². The summed E-state index contributed by atoms with van der Waals surface area (Å²) in [7, 11) is 7.72. The van der Waals surface area contributed by atoms with Gasteiger partial charge < -0.3 is 19.9 Å². The first kappa shape index (κ1) is 18.4. The van der Waals surface area contributed by atoms with Crippen LogP contribution in [-0.2, 0) is 9.53 Å². The van der Waals surface area contributed by atoms with Crippen LogP contribution in [0, 0.1) is 0 Å². The van der Waals surface area contributed by atoms with Crippen molar-refractivity contribution in [2.45, 2.75) is 32.2 Å². The summed E-state index contributed by atoms with van der Waals surface area (Å²) in [6.45, 7) is 6.00. The van der Waals surface area contributed by atoms with Crippen LogP contribution in [0.5, 0.6) is 0 Å². The van der Waals surface area contributed by atoms with Gasteiger partial charge in [-0.05, 0) is 66.6 Å². The van der Waals surface area contributed by atoms with Crippen LogP contribution in [0.25, 0.3) is 0 Å². The van der Waals surface area contributed by atoms with Crippen LogP contribution < -0.4 is 5.32 Å². The smallest absolute Gasteiger partial charge is 0.322 e. The van der Waals surface area contributed by atoms with Crippen molar-refractivity contribution in [3.05, 3.63) is 0 Å². The van der Waals surface area contributed by atoms with Crippen LogP contribution in [0.1, 0.15) is 26.2 Å². The van der Waals surface area contributed by atoms with Gasteiger partial charge in [-0.2, -0.15) is 0 Å². The molecule has 0 aliphatic heterocycles. The van der Waals surface area contributed by atoms with Crippen LogP contribution >= 0.6 is 0 Å². The van der Waals surface area contributed by atoms with Gasteiger partial charge in [0.25, 0.3) is 0 Å². The average molecular weight is 273 g/mol. The van der Waals surface area contributed by atoms with Gasteiger partial charge in [0.15, 0.2) is 0 Å². The first-order valence-electron chi connectivity index (χ1n) is 7.15. The fourth-order valence-electron chi connectivity index (χ4n) is 1.88. The zero-order valence-corrected chi connectivity index (χ0v) is 13.2. The molecule has 114 valence electrons. The third kappa shape index (κ3) is 9.87. The third-order valence-corrected chi connectivity index (χ3v) is 3.07. The van der Waals surface area contributed by atoms with Crippen molar-refractivity contribution in [3.63, 3.8) is 0 Å². The molecule has 0 aliphatic rings. The minimum Gasteiger partial charge on any atom is -0.468 e. The molecular formula is C14H31N3O2. The fraction of sp³-hybridized carbons (Fsp3) is 0.929. The summed E-state index contributed by atoms with van der Waals surface area (Å²) in [6, 6.07) is -0.179. The maximum atomic E-state index is 11.6. The first-order valence-corrected chi connectivity index (χ1v) is 7.15. The van der Waals surface area contributed by atoms with E-state index in [2.05, 4.69) is 43.2 Å². The molecule has 0 radical (unpaired) electrons. The number of esters is 1. The summed E-state index contributed by atoms with van der Waals surface area (Å²) in [5, 5.41) is 3.24. The van der Waals surface area contributed by atoms with Crippen LogP contribution in [0.4, 0.5) is 0 Å². The van der Waals surface area contributed by atoms with Crippen molar-refractivity contribution in [1.82, 2.24) is 15.1 Å². The van der Waals surface area contributed by atoms with E-state index in [-0.39, 0.29) is 12.0 Å². The van der Waals surface area contributed by atoms with E-state index >= 15 is 0 Å². The molecule has 19 heavy (non-hydrogen) atoms. The normalized spacial score (nSPS) is 13.0. The quantitative estimate of drug-likeness (QED) is 0.564. The van der Waals surface area contributed by atoms with E-state index in [9.17, 15) is 4.79 Å². The number of hydrogen-bond acceptors (Lipinski definition) is 5. The Morgan fingerprint density at radius 2 is 1.89 bits per heavy atom. The summed E-state index contributed by atoms with van der Waals surface area (Å²) >= 11 is 0. The highest BCUT2D eigenvalue weighted by atomic mass is 16.5. The number of carbonyl (C=O) groups excluding carboxylic acids is 1. The summed E-state index contributed by atoms with van der Waals surface area (Å²) in [5.41, 5.74) is 0. The molecule has 0 aromatic carbocycles. The highest BCUT2D eigenvalue weighted by Crippen LogP contribution is 1.99. The van der Waals surface area contributed by atoms with Gasteiger partial charge in [-0.3, -0.25) is 4.79 Å². The predicted octanol–water partition coefficient (Wildman–Crippen LogP) is 0.801. The molecule has 0 heterocycles. The number of methoxy groups -OCH3 is 1. The number of hydrogen-bond donors (Lipinski definition) is 1. The molecule has 0 fully saturated rings. The second-order valence-electron chi connectivity index (χ2n) is 5.28. The van der Waals surface area contributed by atoms with Crippen LogP contribution in [-0.4, -0.2) is 76.2 Å². The van der Waals surface area contributed by atoms with Crippen molar-refractivity contribution < 1.29 is 9.53 Å². The van der Waals surface area contributed by atoms with E-state index in [1.54, 1.807) is 0 Å². The molecule has 0 spiro atoms. The minimum atomic E-state index is -0.179. The minimum absolute atomic E-state index is 0.157. The molecule has 5 nitrogen and oxygen atoms in total. The highest BCUT2D eigenvalue weighted by Gasteiger charge is 2.18. The van der Waals surface area contributed by atoms with Crippen molar-refractivity contribution >= 4 is 5.97 Å². The monoisotopic (exact) mass is 273 g/mol. The maximum absolute atomic E-state index is 11.6. The summed E-state index contributed by atoms with van der Waals surface area (Å²) in [5.74, 6) is -0.157. The van der Waals surface area contributed by atoms with Crippen molar-refractivity contribution in [3.8, 4) is 0 Å². The number of nitrogens with zero attached hydrogens (tertiary/aromatic N) is 2. The van der Waals surface area contributed by atoms with E-state index in [4.69, 9.17) is 4.74 Å². The lowest BCUT2D eigenvalue weighted by Gasteiger charge is -2.21. The SMILES string of the molecule is CCCNC(CCN(C)CCCN(C)C)C(=O)OC. The number of nitrogens with one attached hydrogen (secondary N) is 1. The Morgan fingerprint density at radius 1 is 1.21 bits per heavy atom. The van der Waals surface area contributed by atoms with Gasteiger partial charge in [0, 0.05) is 0 Å². The lowest BCUT2D eigenvalue weighted by Crippen LogP contribution is -2.40. The average Bonchev–Trinajstić information content (AvgIpc) is 2.37. The van der Waals surface area contributed by atoms with Gasteiger partial charge in [-0.15, -0.1) is 0 Å². The van der Waals surface area contributed by atoms with E-state index in [1.807, 2.05) is 0 Å². The van der Waals surface area contributed by atoms with Gasteiger partial charge in [0.2, 0.25) is 0 Å². The first-order chi connectivity index (χ1) is 9.01. The molecule has 0 aromatic rings. The zero-order valence-electron chi connectivity index (χ0n) is 13.2. The molecule has 0 rings (SSSR count). The molecule has 1 atom stereocenters. The molecule has 1 N–H and O–H groups in total. The fourth-order valence-corrected chi connectivity index (χ4v) is 1.88. The molecule has 0 aromatic heterocycles. The Balaban J connectivity index is 3.91. The standard InChI is InChI=1S/C14H31N3O2/c1-6-9-15-13(14(18)19-5)8-12-17(4)11-7-10-16(2)3/h13,15H,6-12H2,1-5H3. The van der Waals surface area contributed by atoms with E-state index in [0.29, 0.717) is 0 Å². The van der Waals surface area contributed by atoms with Crippen LogP contribution in [0.3, 0.4) is 0 Å². The Hall–Kier alpha value is -0.650. The Kier molecular flexibility index (Phi) is 10.8. The van der Waals surface area contributed by atoms with Crippen molar-refractivity contribution in [2.24, 2.45) is 0 Å². The molecule has 0 amide bonds. The van der Waals surface area contributed by atoms with Gasteiger partial charge in [0.1, 0.15) is 6.04 Å². The van der Waals surface area contributed by atoms with Gasteiger partial charge in [-0.1, -0.05) is 6.92 Å². The Bertz CT molecular complexity index is 235. The second kappa shape index (κ2) is 11.2. The van der Waals surface area contributed by atoms with Crippen LogP contribution in [0.15, 0.2) is 0 Å². The van der Waals surface area contributed by atoms with Crippen LogP contribution in [0.2, 0.25) is 0 Å². The molecule has 1 unspecified atom stereocenters. The number of ether oxygens (including phenoxy) is 1. The lowest BCUT2D eigenvalue weighted by molar-refractivity contribution is -0.143. The highest BCUT2D eigenvalue weighted by molar-refractivity contribution is 5.75. The largest absolute Gasteiger partial charge is 0.468 e. The number of rotatable bonds is 11. The van der Waals surface area contributed by atoms with E-state index in [0.717, 1.165) is 45.4 Å². The van der Waals surface area contributed by atoms with E-state index in [1.165, 1.54) is 7.11 Å². The van der Waals surface area contributed by atoms with Crippen molar-refractivity contribution in [1.29, 1.82) is 0 Å². The van der Waals surface area contributed by atoms with Gasteiger partial charge in [0.05, 0.1) is 7.11 Å². The van der Waals surface area contributed by atoms with Gasteiger partial charge >= 0.3 is 5.97 Å². The number of carbonyl (C=O) groups is 1.